The highest BCUT2D eigenvalue weighted by molar-refractivity contribution is 7.50. The second kappa shape index (κ2) is 11.9. The summed E-state index contributed by atoms with van der Waals surface area (Å²) in [7, 11) is -2.77. The van der Waals surface area contributed by atoms with Gasteiger partial charge in [0.05, 0.1) is 11.5 Å². The highest BCUT2D eigenvalue weighted by Crippen LogP contribution is 2.46. The molecular formula is C28H43N4O4PSi. The van der Waals surface area contributed by atoms with Crippen LogP contribution in [0, 0.1) is 0 Å². The van der Waals surface area contributed by atoms with E-state index in [4.69, 9.17) is 13.7 Å². The Kier molecular flexibility index (Phi) is 9.53. The van der Waals surface area contributed by atoms with Gasteiger partial charge in [0.2, 0.25) is 0 Å². The Balaban J connectivity index is 0.00000400. The number of carbonyl (C=O) groups is 1. The Morgan fingerprint density at radius 1 is 1.13 bits per heavy atom. The highest BCUT2D eigenvalue weighted by atomic mass is 31.1. The lowest BCUT2D eigenvalue weighted by atomic mass is 10.1. The van der Waals surface area contributed by atoms with Crippen LogP contribution < -0.4 is 5.32 Å². The number of rotatable bonds is 8. The molecule has 8 nitrogen and oxygen atoms in total. The summed E-state index contributed by atoms with van der Waals surface area (Å²) < 4.78 is 22.1. The Labute approximate surface area is 229 Å². The molecule has 0 aliphatic carbocycles. The van der Waals surface area contributed by atoms with Crippen LogP contribution in [0.3, 0.4) is 0 Å². The van der Waals surface area contributed by atoms with Crippen molar-refractivity contribution in [2.75, 3.05) is 18.6 Å². The van der Waals surface area contributed by atoms with Crippen LogP contribution in [0.4, 0.5) is 5.82 Å². The third-order valence-electron chi connectivity index (χ3n) is 7.31. The van der Waals surface area contributed by atoms with Crippen LogP contribution in [0.25, 0.3) is 11.0 Å². The normalized spacial score (nSPS) is 22.0. The molecule has 3 aromatic rings. The number of nitrogens with one attached hydrogen (secondary N) is 1. The van der Waals surface area contributed by atoms with Crippen molar-refractivity contribution in [1.82, 2.24) is 14.5 Å². The molecule has 4 atom stereocenters. The molecule has 4 rings (SSSR count). The smallest absolute Gasteiger partial charge is 0.256 e. The van der Waals surface area contributed by atoms with E-state index in [1.807, 2.05) is 35.0 Å². The number of nitrogens with zero attached hydrogens (tertiary/aromatic N) is 3. The molecule has 1 N–H and O–H groups in total. The number of anilines is 1. The molecule has 1 amide bonds. The minimum atomic E-state index is -2.15. The molecule has 1 unspecified atom stereocenters. The van der Waals surface area contributed by atoms with Gasteiger partial charge in [-0.15, -0.1) is 0 Å². The molecular weight excluding hydrogens is 515 g/mol. The number of benzene rings is 1. The van der Waals surface area contributed by atoms with Crippen LogP contribution in [0.5, 0.6) is 0 Å². The first-order chi connectivity index (χ1) is 17.4. The van der Waals surface area contributed by atoms with Gasteiger partial charge in [-0.05, 0) is 56.1 Å². The SMILES string of the molecule is C.CC[C@H]1O[C@@H](n2ccc3c(NC(=O)c4ccccc4)ncnc32)[C@@H](O[Si](C)(C)C(C)(C)C)C1OP(C)C. The molecule has 1 aliphatic heterocycles. The summed E-state index contributed by atoms with van der Waals surface area (Å²) in [4.78, 5) is 21.8. The molecule has 10 heteroatoms. The maximum Gasteiger partial charge on any atom is 0.256 e. The van der Waals surface area contributed by atoms with Crippen molar-refractivity contribution in [2.24, 2.45) is 0 Å². The Bertz CT molecular complexity index is 1230. The molecule has 1 fully saturated rings. The van der Waals surface area contributed by atoms with Gasteiger partial charge < -0.3 is 23.6 Å². The maximum atomic E-state index is 12.8. The molecule has 0 bridgehead atoms. The predicted molar refractivity (Wildman–Crippen MR) is 159 cm³/mol. The number of aromatic nitrogens is 3. The summed E-state index contributed by atoms with van der Waals surface area (Å²) in [6.07, 6.45) is 3.25. The summed E-state index contributed by atoms with van der Waals surface area (Å²) >= 11 is 0. The van der Waals surface area contributed by atoms with Gasteiger partial charge in [-0.1, -0.05) is 53.3 Å². The lowest BCUT2D eigenvalue weighted by Crippen LogP contribution is -2.48. The van der Waals surface area contributed by atoms with Crippen molar-refractivity contribution in [1.29, 1.82) is 0 Å². The average Bonchev–Trinajstić information content (AvgIpc) is 3.40. The zero-order valence-corrected chi connectivity index (χ0v) is 25.0. The first-order valence-corrected chi connectivity index (χ1v) is 17.8. The van der Waals surface area contributed by atoms with Gasteiger partial charge in [0.15, 0.2) is 14.5 Å². The topological polar surface area (TPSA) is 87.5 Å². The highest BCUT2D eigenvalue weighted by Gasteiger charge is 2.51. The van der Waals surface area contributed by atoms with Crippen molar-refractivity contribution in [3.8, 4) is 0 Å². The molecule has 38 heavy (non-hydrogen) atoms. The summed E-state index contributed by atoms with van der Waals surface area (Å²) in [5, 5.41) is 3.71. The minimum absolute atomic E-state index is 0. The summed E-state index contributed by atoms with van der Waals surface area (Å²) in [6, 6.07) is 11.0. The number of fused-ring (bicyclic) bond motifs is 1. The van der Waals surface area contributed by atoms with Gasteiger partial charge in [0, 0.05) is 19.9 Å². The van der Waals surface area contributed by atoms with Crippen LogP contribution in [-0.2, 0) is 13.7 Å². The van der Waals surface area contributed by atoms with E-state index in [2.05, 4.69) is 69.4 Å². The van der Waals surface area contributed by atoms with E-state index in [0.29, 0.717) is 17.0 Å². The Morgan fingerprint density at radius 3 is 2.42 bits per heavy atom. The zero-order chi connectivity index (χ0) is 27.0. The second-order valence-electron chi connectivity index (χ2n) is 11.2. The van der Waals surface area contributed by atoms with E-state index in [0.717, 1.165) is 11.8 Å². The Hall–Kier alpha value is -2.16. The third kappa shape index (κ3) is 6.18. The molecule has 0 radical (unpaired) electrons. The van der Waals surface area contributed by atoms with Crippen LogP contribution in [0.15, 0.2) is 48.9 Å². The number of ether oxygens (including phenoxy) is 1. The van der Waals surface area contributed by atoms with Gasteiger partial charge in [-0.25, -0.2) is 9.97 Å². The lowest BCUT2D eigenvalue weighted by molar-refractivity contribution is -0.0320. The van der Waals surface area contributed by atoms with Crippen LogP contribution >= 0.6 is 8.15 Å². The van der Waals surface area contributed by atoms with E-state index >= 15 is 0 Å². The molecule has 0 spiro atoms. The predicted octanol–water partition coefficient (Wildman–Crippen LogP) is 7.06. The van der Waals surface area contributed by atoms with Crippen molar-refractivity contribution in [2.45, 2.75) is 84.2 Å². The fraction of sp³-hybridized carbons (Fsp3) is 0.536. The van der Waals surface area contributed by atoms with E-state index in [9.17, 15) is 4.79 Å². The van der Waals surface area contributed by atoms with Crippen molar-refractivity contribution >= 4 is 39.2 Å². The first-order valence-electron chi connectivity index (χ1n) is 12.8. The molecule has 3 heterocycles. The molecule has 208 valence electrons. The second-order valence-corrected chi connectivity index (χ2v) is 17.8. The van der Waals surface area contributed by atoms with Crippen molar-refractivity contribution in [3.05, 3.63) is 54.5 Å². The zero-order valence-electron chi connectivity index (χ0n) is 23.1. The maximum absolute atomic E-state index is 12.8. The summed E-state index contributed by atoms with van der Waals surface area (Å²) in [5.41, 5.74) is 1.25. The third-order valence-corrected chi connectivity index (χ3v) is 12.4. The lowest BCUT2D eigenvalue weighted by Gasteiger charge is -2.41. The minimum Gasteiger partial charge on any atom is -0.407 e. The quantitative estimate of drug-likeness (QED) is 0.235. The molecule has 1 saturated heterocycles. The van der Waals surface area contributed by atoms with E-state index in [1.165, 1.54) is 6.33 Å². The summed E-state index contributed by atoms with van der Waals surface area (Å²) in [6.45, 7) is 17.6. The van der Waals surface area contributed by atoms with Crippen LogP contribution in [0.1, 0.15) is 58.1 Å². The fourth-order valence-corrected chi connectivity index (χ4v) is 6.35. The average molecular weight is 559 g/mol. The van der Waals surface area contributed by atoms with Gasteiger partial charge in [-0.2, -0.15) is 0 Å². The van der Waals surface area contributed by atoms with Crippen LogP contribution in [0.2, 0.25) is 18.1 Å². The largest absolute Gasteiger partial charge is 0.407 e. The number of amides is 1. The van der Waals surface area contributed by atoms with Gasteiger partial charge in [-0.3, -0.25) is 4.79 Å². The van der Waals surface area contributed by atoms with E-state index in [-0.39, 0.29) is 36.7 Å². The number of carbonyl (C=O) groups excluding carboxylic acids is 1. The molecule has 0 saturated carbocycles. The van der Waals surface area contributed by atoms with Gasteiger partial charge in [0.1, 0.15) is 30.0 Å². The Morgan fingerprint density at radius 2 is 1.82 bits per heavy atom. The first kappa shape index (κ1) is 30.4. The number of hydrogen-bond donors (Lipinski definition) is 1. The standard InChI is InChI=1S/C27H39N4O4PSi.CH4/c1-9-20-21(34-36(5)6)22(35-37(7,8)27(2,3)4)26(33-20)31-16-15-19-23(28-17-29-24(19)31)30-25(32)18-13-11-10-12-14-18;/h10-17,20-22,26H,9H2,1-8H3,(H,28,29,30,32);1H4/t20-,21?,22+,26-;/m1./s1. The molecule has 2 aromatic heterocycles. The fourth-order valence-electron chi connectivity index (χ4n) is 4.32. The van der Waals surface area contributed by atoms with Gasteiger partial charge in [0.25, 0.3) is 5.91 Å². The molecule has 1 aromatic carbocycles. The summed E-state index contributed by atoms with van der Waals surface area (Å²) in [5.74, 6) is 0.242. The van der Waals surface area contributed by atoms with Crippen molar-refractivity contribution in [3.63, 3.8) is 0 Å². The van der Waals surface area contributed by atoms with E-state index in [1.54, 1.807) is 12.1 Å². The number of hydrogen-bond acceptors (Lipinski definition) is 6. The van der Waals surface area contributed by atoms with E-state index < -0.39 is 22.7 Å². The van der Waals surface area contributed by atoms with Crippen molar-refractivity contribution < 1.29 is 18.5 Å². The molecule has 1 aliphatic rings. The van der Waals surface area contributed by atoms with Crippen LogP contribution in [-0.4, -0.2) is 60.4 Å². The van der Waals surface area contributed by atoms with Gasteiger partial charge >= 0.3 is 0 Å². The monoisotopic (exact) mass is 558 g/mol.